The Labute approximate surface area is 86.5 Å². The molecule has 5 nitrogen and oxygen atoms in total. The molecule has 1 atom stereocenters. The molecule has 1 aromatic heterocycles. The molecule has 0 fully saturated rings. The van der Waals surface area contributed by atoms with Crippen molar-refractivity contribution in [3.63, 3.8) is 0 Å². The Morgan fingerprint density at radius 1 is 1.57 bits per heavy atom. The van der Waals surface area contributed by atoms with E-state index < -0.39 is 11.9 Å². The third-order valence-corrected chi connectivity index (χ3v) is 2.96. The van der Waals surface area contributed by atoms with Crippen LogP contribution in [0.3, 0.4) is 0 Å². The summed E-state index contributed by atoms with van der Waals surface area (Å²) in [6.07, 6.45) is 0.785. The normalized spacial score (nSPS) is 15.8. The predicted octanol–water partition coefficient (Wildman–Crippen LogP) is 0.552. The van der Waals surface area contributed by atoms with E-state index in [9.17, 15) is 5.11 Å². The number of nitrogens with two attached hydrogens (primary N) is 1. The van der Waals surface area contributed by atoms with E-state index in [1.807, 2.05) is 0 Å². The number of ether oxygens (including phenoxy) is 2. The van der Waals surface area contributed by atoms with Crippen molar-refractivity contribution in [3.8, 4) is 0 Å². The summed E-state index contributed by atoms with van der Waals surface area (Å²) in [4.78, 5) is 4.47. The van der Waals surface area contributed by atoms with Gasteiger partial charge in [-0.05, 0) is 6.92 Å². The van der Waals surface area contributed by atoms with Crippen molar-refractivity contribution >= 4 is 16.5 Å². The molecule has 0 amide bonds. The van der Waals surface area contributed by atoms with Crippen molar-refractivity contribution in [2.75, 3.05) is 20.0 Å². The molecule has 0 saturated heterocycles. The predicted molar refractivity (Wildman–Crippen MR) is 53.9 cm³/mol. The molecule has 3 N–H and O–H groups in total. The molecule has 0 spiro atoms. The van der Waals surface area contributed by atoms with E-state index in [-0.39, 0.29) is 0 Å². The van der Waals surface area contributed by atoms with Gasteiger partial charge in [-0.15, -0.1) is 0 Å². The van der Waals surface area contributed by atoms with Crippen LogP contribution in [0.25, 0.3) is 0 Å². The molecule has 1 unspecified atom stereocenters. The maximum Gasteiger partial charge on any atom is 0.190 e. The first kappa shape index (κ1) is 11.4. The minimum absolute atomic E-state index is 0.409. The van der Waals surface area contributed by atoms with E-state index in [0.717, 1.165) is 0 Å². The van der Waals surface area contributed by atoms with Gasteiger partial charge < -0.3 is 20.3 Å². The lowest BCUT2D eigenvalue weighted by Crippen LogP contribution is -2.38. The SMILES string of the molecule is COC(OC)C(C)(O)c1cnc(N)s1. The number of anilines is 1. The van der Waals surface area contributed by atoms with E-state index >= 15 is 0 Å². The third-order valence-electron chi connectivity index (χ3n) is 1.91. The summed E-state index contributed by atoms with van der Waals surface area (Å²) in [5.41, 5.74) is 4.24. The Bertz CT molecular complexity index is 297. The van der Waals surface area contributed by atoms with Gasteiger partial charge in [0, 0.05) is 20.4 Å². The van der Waals surface area contributed by atoms with Crippen molar-refractivity contribution in [2.24, 2.45) is 0 Å². The molecule has 0 aliphatic carbocycles. The molecule has 0 radical (unpaired) electrons. The minimum atomic E-state index is -1.24. The number of nitrogens with zero attached hydrogens (tertiary/aromatic N) is 1. The number of methoxy groups -OCH3 is 2. The van der Waals surface area contributed by atoms with Crippen molar-refractivity contribution < 1.29 is 14.6 Å². The highest BCUT2D eigenvalue weighted by atomic mass is 32.1. The van der Waals surface area contributed by atoms with Crippen LogP contribution >= 0.6 is 11.3 Å². The standard InChI is InChI=1S/C8H14N2O3S/c1-8(11,6(12-2)13-3)5-4-10-7(9)14-5/h4,6,11H,1-3H3,(H2,9,10). The van der Waals surface area contributed by atoms with Crippen LogP contribution in [0.4, 0.5) is 5.13 Å². The highest BCUT2D eigenvalue weighted by Crippen LogP contribution is 2.31. The van der Waals surface area contributed by atoms with E-state index in [2.05, 4.69) is 4.98 Å². The quantitative estimate of drug-likeness (QED) is 0.722. The smallest absolute Gasteiger partial charge is 0.190 e. The molecule has 0 aromatic carbocycles. The molecule has 0 bridgehead atoms. The van der Waals surface area contributed by atoms with Crippen LogP contribution in [0.1, 0.15) is 11.8 Å². The lowest BCUT2D eigenvalue weighted by atomic mass is 10.1. The molecule has 14 heavy (non-hydrogen) atoms. The van der Waals surface area contributed by atoms with Crippen LogP contribution in [0.2, 0.25) is 0 Å². The van der Waals surface area contributed by atoms with Crippen LogP contribution in [-0.2, 0) is 15.1 Å². The number of aromatic nitrogens is 1. The molecule has 1 rings (SSSR count). The number of aliphatic hydroxyl groups is 1. The Hall–Kier alpha value is -0.690. The van der Waals surface area contributed by atoms with Crippen LogP contribution < -0.4 is 5.73 Å². The van der Waals surface area contributed by atoms with E-state index in [4.69, 9.17) is 15.2 Å². The zero-order chi connectivity index (χ0) is 10.8. The number of rotatable bonds is 4. The Balaban J connectivity index is 2.93. The highest BCUT2D eigenvalue weighted by Gasteiger charge is 2.36. The van der Waals surface area contributed by atoms with Crippen molar-refractivity contribution in [1.82, 2.24) is 4.98 Å². The Morgan fingerprint density at radius 3 is 2.50 bits per heavy atom. The van der Waals surface area contributed by atoms with Crippen molar-refractivity contribution in [2.45, 2.75) is 18.8 Å². The molecular formula is C8H14N2O3S. The van der Waals surface area contributed by atoms with Gasteiger partial charge in [0.2, 0.25) is 0 Å². The summed E-state index contributed by atoms with van der Waals surface area (Å²) in [6.45, 7) is 1.59. The second-order valence-electron chi connectivity index (χ2n) is 3.01. The fourth-order valence-corrected chi connectivity index (χ4v) is 1.93. The average molecular weight is 218 g/mol. The summed E-state index contributed by atoms with van der Waals surface area (Å²) < 4.78 is 9.99. The van der Waals surface area contributed by atoms with E-state index in [1.165, 1.54) is 31.8 Å². The lowest BCUT2D eigenvalue weighted by Gasteiger charge is -2.28. The molecule has 1 heterocycles. The molecule has 6 heteroatoms. The van der Waals surface area contributed by atoms with Crippen molar-refractivity contribution in [1.29, 1.82) is 0 Å². The number of thiazole rings is 1. The zero-order valence-electron chi connectivity index (χ0n) is 8.35. The molecular weight excluding hydrogens is 204 g/mol. The van der Waals surface area contributed by atoms with Gasteiger partial charge >= 0.3 is 0 Å². The molecule has 0 saturated carbocycles. The summed E-state index contributed by atoms with van der Waals surface area (Å²) in [7, 11) is 2.93. The maximum absolute atomic E-state index is 10.1. The lowest BCUT2D eigenvalue weighted by molar-refractivity contribution is -0.211. The van der Waals surface area contributed by atoms with Gasteiger partial charge in [0.25, 0.3) is 0 Å². The van der Waals surface area contributed by atoms with Gasteiger partial charge in [0.1, 0.15) is 5.60 Å². The first-order valence-corrected chi connectivity index (χ1v) is 4.83. The average Bonchev–Trinajstić information content (AvgIpc) is 2.54. The second-order valence-corrected chi connectivity index (χ2v) is 4.08. The van der Waals surface area contributed by atoms with Gasteiger partial charge in [0.05, 0.1) is 4.88 Å². The number of hydrogen-bond donors (Lipinski definition) is 2. The largest absolute Gasteiger partial charge is 0.379 e. The van der Waals surface area contributed by atoms with E-state index in [1.54, 1.807) is 6.92 Å². The van der Waals surface area contributed by atoms with Crippen molar-refractivity contribution in [3.05, 3.63) is 11.1 Å². The van der Waals surface area contributed by atoms with Crippen LogP contribution in [0, 0.1) is 0 Å². The first-order valence-electron chi connectivity index (χ1n) is 4.02. The van der Waals surface area contributed by atoms with Gasteiger partial charge in [-0.3, -0.25) is 0 Å². The molecule has 0 aliphatic rings. The first-order chi connectivity index (χ1) is 6.52. The monoisotopic (exact) mass is 218 g/mol. The summed E-state index contributed by atoms with van der Waals surface area (Å²) in [6, 6.07) is 0. The van der Waals surface area contributed by atoms with Crippen LogP contribution in [0.15, 0.2) is 6.20 Å². The number of hydrogen-bond acceptors (Lipinski definition) is 6. The van der Waals surface area contributed by atoms with Gasteiger partial charge in [-0.1, -0.05) is 11.3 Å². The minimum Gasteiger partial charge on any atom is -0.379 e. The zero-order valence-corrected chi connectivity index (χ0v) is 9.17. The maximum atomic E-state index is 10.1. The van der Waals surface area contributed by atoms with Gasteiger partial charge in [-0.2, -0.15) is 0 Å². The summed E-state index contributed by atoms with van der Waals surface area (Å²) in [5.74, 6) is 0. The Morgan fingerprint density at radius 2 is 2.14 bits per heavy atom. The second kappa shape index (κ2) is 4.22. The van der Waals surface area contributed by atoms with E-state index in [0.29, 0.717) is 10.0 Å². The molecule has 80 valence electrons. The third kappa shape index (κ3) is 2.03. The summed E-state index contributed by atoms with van der Waals surface area (Å²) >= 11 is 1.21. The van der Waals surface area contributed by atoms with Crippen LogP contribution in [-0.4, -0.2) is 30.6 Å². The van der Waals surface area contributed by atoms with Crippen LogP contribution in [0.5, 0.6) is 0 Å². The van der Waals surface area contributed by atoms with Gasteiger partial charge in [0.15, 0.2) is 11.4 Å². The Kier molecular flexibility index (Phi) is 3.43. The topological polar surface area (TPSA) is 77.6 Å². The highest BCUT2D eigenvalue weighted by molar-refractivity contribution is 7.15. The summed E-state index contributed by atoms with van der Waals surface area (Å²) in [5, 5.41) is 10.5. The number of nitrogen functional groups attached to an aromatic ring is 1. The van der Waals surface area contributed by atoms with Gasteiger partial charge in [-0.25, -0.2) is 4.98 Å². The fourth-order valence-electron chi connectivity index (χ4n) is 1.19. The molecule has 0 aliphatic heterocycles. The molecule has 1 aromatic rings. The fraction of sp³-hybridized carbons (Fsp3) is 0.625.